The molecule has 0 aromatic carbocycles. The molecule has 1 saturated heterocycles. The molecule has 0 aromatic rings. The van der Waals surface area contributed by atoms with Crippen LogP contribution >= 0.6 is 0 Å². The third kappa shape index (κ3) is 3.18. The first-order valence-corrected chi connectivity index (χ1v) is 4.41. The van der Waals surface area contributed by atoms with Crippen LogP contribution < -0.4 is 5.90 Å². The van der Waals surface area contributed by atoms with E-state index >= 15 is 0 Å². The van der Waals surface area contributed by atoms with E-state index in [-0.39, 0.29) is 6.10 Å². The minimum atomic E-state index is 0.204. The van der Waals surface area contributed by atoms with Crippen LogP contribution in [-0.2, 0) is 4.84 Å². The van der Waals surface area contributed by atoms with Crippen LogP contribution in [0.3, 0.4) is 0 Å². The van der Waals surface area contributed by atoms with Crippen LogP contribution in [-0.4, -0.2) is 30.6 Å². The highest BCUT2D eigenvalue weighted by atomic mass is 16.6. The van der Waals surface area contributed by atoms with Crippen LogP contribution in [0.5, 0.6) is 0 Å². The minimum Gasteiger partial charge on any atom is -0.303 e. The van der Waals surface area contributed by atoms with E-state index in [4.69, 9.17) is 5.90 Å². The molecule has 1 aliphatic heterocycles. The summed E-state index contributed by atoms with van der Waals surface area (Å²) in [5.41, 5.74) is 0. The number of nitrogens with zero attached hydrogens (tertiary/aromatic N) is 1. The summed E-state index contributed by atoms with van der Waals surface area (Å²) < 4.78 is 0. The van der Waals surface area contributed by atoms with Gasteiger partial charge in [0.05, 0.1) is 6.10 Å². The quantitative estimate of drug-likeness (QED) is 0.614. The molecule has 3 nitrogen and oxygen atoms in total. The van der Waals surface area contributed by atoms with Crippen molar-refractivity contribution < 1.29 is 4.84 Å². The summed E-state index contributed by atoms with van der Waals surface area (Å²) >= 11 is 0. The SMILES string of the molecule is CC(CCN1CCCC1)ON. The lowest BCUT2D eigenvalue weighted by Crippen LogP contribution is -2.25. The molecule has 1 fully saturated rings. The highest BCUT2D eigenvalue weighted by molar-refractivity contribution is 4.66. The van der Waals surface area contributed by atoms with Crippen molar-refractivity contribution in [1.29, 1.82) is 0 Å². The molecule has 1 heterocycles. The third-order valence-electron chi connectivity index (χ3n) is 2.28. The van der Waals surface area contributed by atoms with Crippen molar-refractivity contribution in [3.05, 3.63) is 0 Å². The Balaban J connectivity index is 2.01. The van der Waals surface area contributed by atoms with E-state index in [0.29, 0.717) is 0 Å². The molecule has 0 bridgehead atoms. The average Bonchev–Trinajstić information content (AvgIpc) is 2.52. The first-order chi connectivity index (χ1) is 5.33. The summed E-state index contributed by atoms with van der Waals surface area (Å²) in [6.45, 7) is 5.67. The van der Waals surface area contributed by atoms with Gasteiger partial charge < -0.3 is 9.74 Å². The van der Waals surface area contributed by atoms with Crippen molar-refractivity contribution in [2.24, 2.45) is 5.90 Å². The maximum atomic E-state index is 5.04. The highest BCUT2D eigenvalue weighted by Gasteiger charge is 2.11. The maximum Gasteiger partial charge on any atom is 0.0771 e. The largest absolute Gasteiger partial charge is 0.303 e. The van der Waals surface area contributed by atoms with E-state index < -0.39 is 0 Å². The zero-order valence-electron chi connectivity index (χ0n) is 7.25. The normalized spacial score (nSPS) is 22.4. The molecule has 0 amide bonds. The van der Waals surface area contributed by atoms with Gasteiger partial charge in [-0.05, 0) is 39.3 Å². The smallest absolute Gasteiger partial charge is 0.0771 e. The van der Waals surface area contributed by atoms with Crippen molar-refractivity contribution in [3.63, 3.8) is 0 Å². The van der Waals surface area contributed by atoms with Crippen molar-refractivity contribution in [3.8, 4) is 0 Å². The lowest BCUT2D eigenvalue weighted by molar-refractivity contribution is 0.0541. The van der Waals surface area contributed by atoms with E-state index in [1.54, 1.807) is 0 Å². The second kappa shape index (κ2) is 4.70. The molecule has 1 unspecified atom stereocenters. The first kappa shape index (κ1) is 8.97. The third-order valence-corrected chi connectivity index (χ3v) is 2.28. The maximum absolute atomic E-state index is 5.04. The fourth-order valence-electron chi connectivity index (χ4n) is 1.44. The van der Waals surface area contributed by atoms with Crippen LogP contribution in [0.1, 0.15) is 26.2 Å². The molecule has 3 heteroatoms. The van der Waals surface area contributed by atoms with E-state index in [1.165, 1.54) is 25.9 Å². The Hall–Kier alpha value is -0.120. The molecule has 0 saturated carbocycles. The standard InChI is InChI=1S/C8H18N2O/c1-8(11-9)4-7-10-5-2-3-6-10/h8H,2-7,9H2,1H3. The summed E-state index contributed by atoms with van der Waals surface area (Å²) in [6.07, 6.45) is 3.97. The highest BCUT2D eigenvalue weighted by Crippen LogP contribution is 2.08. The monoisotopic (exact) mass is 158 g/mol. The fourth-order valence-corrected chi connectivity index (χ4v) is 1.44. The van der Waals surface area contributed by atoms with Gasteiger partial charge in [-0.25, -0.2) is 5.90 Å². The summed E-state index contributed by atoms with van der Waals surface area (Å²) in [6, 6.07) is 0. The molecular weight excluding hydrogens is 140 g/mol. The lowest BCUT2D eigenvalue weighted by Gasteiger charge is -2.16. The molecule has 0 spiro atoms. The first-order valence-electron chi connectivity index (χ1n) is 4.41. The fraction of sp³-hybridized carbons (Fsp3) is 1.00. The topological polar surface area (TPSA) is 38.5 Å². The summed E-state index contributed by atoms with van der Waals surface area (Å²) in [5.74, 6) is 5.04. The summed E-state index contributed by atoms with van der Waals surface area (Å²) in [4.78, 5) is 7.15. The van der Waals surface area contributed by atoms with E-state index in [9.17, 15) is 0 Å². The Morgan fingerprint density at radius 1 is 1.45 bits per heavy atom. The van der Waals surface area contributed by atoms with Crippen molar-refractivity contribution in [2.75, 3.05) is 19.6 Å². The van der Waals surface area contributed by atoms with Gasteiger partial charge in [-0.1, -0.05) is 0 Å². The molecule has 0 radical (unpaired) electrons. The zero-order valence-corrected chi connectivity index (χ0v) is 7.25. The predicted molar refractivity (Wildman–Crippen MR) is 45.0 cm³/mol. The Morgan fingerprint density at radius 2 is 2.09 bits per heavy atom. The second-order valence-corrected chi connectivity index (χ2v) is 3.28. The molecule has 11 heavy (non-hydrogen) atoms. The Labute approximate surface area is 68.5 Å². The molecule has 0 aromatic heterocycles. The van der Waals surface area contributed by atoms with Gasteiger partial charge in [-0.15, -0.1) is 0 Å². The number of hydrogen-bond donors (Lipinski definition) is 1. The number of likely N-dealkylation sites (tertiary alicyclic amines) is 1. The van der Waals surface area contributed by atoms with Gasteiger partial charge in [0.2, 0.25) is 0 Å². The van der Waals surface area contributed by atoms with Gasteiger partial charge in [-0.2, -0.15) is 0 Å². The molecular formula is C8H18N2O. The number of hydrogen-bond acceptors (Lipinski definition) is 3. The molecule has 0 aliphatic carbocycles. The van der Waals surface area contributed by atoms with E-state index in [1.807, 2.05) is 6.92 Å². The van der Waals surface area contributed by atoms with Gasteiger partial charge in [0.1, 0.15) is 0 Å². The predicted octanol–water partition coefficient (Wildman–Crippen LogP) is 0.751. The molecule has 66 valence electrons. The Bertz CT molecular complexity index is 102. The van der Waals surface area contributed by atoms with Crippen molar-refractivity contribution in [1.82, 2.24) is 4.90 Å². The van der Waals surface area contributed by atoms with Crippen LogP contribution in [0.15, 0.2) is 0 Å². The Kier molecular flexibility index (Phi) is 3.83. The van der Waals surface area contributed by atoms with E-state index in [0.717, 1.165) is 13.0 Å². The minimum absolute atomic E-state index is 0.204. The van der Waals surface area contributed by atoms with Gasteiger partial charge in [0.15, 0.2) is 0 Å². The molecule has 1 atom stereocenters. The van der Waals surface area contributed by atoms with E-state index in [2.05, 4.69) is 9.74 Å². The van der Waals surface area contributed by atoms with Crippen LogP contribution in [0.4, 0.5) is 0 Å². The summed E-state index contributed by atoms with van der Waals surface area (Å²) in [5, 5.41) is 0. The van der Waals surface area contributed by atoms with Gasteiger partial charge in [0.25, 0.3) is 0 Å². The number of rotatable bonds is 4. The average molecular weight is 158 g/mol. The van der Waals surface area contributed by atoms with Crippen LogP contribution in [0, 0.1) is 0 Å². The lowest BCUT2D eigenvalue weighted by atomic mass is 10.3. The van der Waals surface area contributed by atoms with Gasteiger partial charge in [0, 0.05) is 6.54 Å². The van der Waals surface area contributed by atoms with Gasteiger partial charge in [-0.3, -0.25) is 0 Å². The molecule has 1 aliphatic rings. The Morgan fingerprint density at radius 3 is 2.64 bits per heavy atom. The van der Waals surface area contributed by atoms with Crippen molar-refractivity contribution in [2.45, 2.75) is 32.3 Å². The van der Waals surface area contributed by atoms with Crippen LogP contribution in [0.2, 0.25) is 0 Å². The van der Waals surface area contributed by atoms with Crippen LogP contribution in [0.25, 0.3) is 0 Å². The van der Waals surface area contributed by atoms with Gasteiger partial charge >= 0.3 is 0 Å². The zero-order chi connectivity index (χ0) is 8.10. The molecule has 1 rings (SSSR count). The summed E-state index contributed by atoms with van der Waals surface area (Å²) in [7, 11) is 0. The second-order valence-electron chi connectivity index (χ2n) is 3.28. The molecule has 2 N–H and O–H groups in total. The van der Waals surface area contributed by atoms with Crippen molar-refractivity contribution >= 4 is 0 Å². The number of nitrogens with two attached hydrogens (primary N) is 1.